The molecule has 0 bridgehead atoms. The van der Waals surface area contributed by atoms with Crippen LogP contribution in [0.15, 0.2) is 47.5 Å². The summed E-state index contributed by atoms with van der Waals surface area (Å²) < 4.78 is 47.5. The van der Waals surface area contributed by atoms with Crippen LogP contribution in [0, 0.1) is 13.8 Å². The number of ether oxygens (including phenoxy) is 1. The number of alkyl halides is 3. The highest BCUT2D eigenvalue weighted by Gasteiger charge is 2.34. The number of benzene rings is 2. The normalized spacial score (nSPS) is 12.1. The molecule has 0 saturated carbocycles. The third-order valence-electron chi connectivity index (χ3n) is 4.93. The van der Waals surface area contributed by atoms with Gasteiger partial charge < -0.3 is 9.84 Å². The van der Waals surface area contributed by atoms with E-state index in [9.17, 15) is 27.9 Å². The van der Waals surface area contributed by atoms with E-state index in [0.29, 0.717) is 22.4 Å². The number of carboxylic acid groups (broad SMARTS) is 1. The molecule has 1 aromatic heterocycles. The Morgan fingerprint density at radius 2 is 1.72 bits per heavy atom. The van der Waals surface area contributed by atoms with Crippen LogP contribution in [0.4, 0.5) is 13.2 Å². The Hall–Kier alpha value is -3.56. The first-order valence-electron chi connectivity index (χ1n) is 9.65. The van der Waals surface area contributed by atoms with E-state index in [1.165, 1.54) is 32.0 Å². The molecule has 0 aliphatic carbocycles. The lowest BCUT2D eigenvalue weighted by Crippen LogP contribution is -2.38. The summed E-state index contributed by atoms with van der Waals surface area (Å²) in [5.41, 5.74) is -1.41. The SMILES string of the molecule is Cc1cc(Cn2ncn(-c3ccccc3C(F)(F)F)c2=O)cc(C)c1OC(C)(C)C(=O)O. The van der Waals surface area contributed by atoms with E-state index in [1.807, 2.05) is 0 Å². The van der Waals surface area contributed by atoms with Crippen molar-refractivity contribution < 1.29 is 27.8 Å². The molecular formula is C22H22F3N3O4. The lowest BCUT2D eigenvalue weighted by atomic mass is 10.0. The standard InChI is InChI=1S/C22H22F3N3O4/c1-13-9-15(10-14(2)18(13)32-21(3,4)19(29)30)11-28-20(31)27(12-26-28)17-8-6-5-7-16(17)22(23,24)25/h5-10,12H,11H2,1-4H3,(H,29,30). The number of hydrogen-bond acceptors (Lipinski definition) is 4. The molecule has 0 spiro atoms. The molecule has 3 rings (SSSR count). The van der Waals surface area contributed by atoms with Gasteiger partial charge in [-0.25, -0.2) is 18.8 Å². The van der Waals surface area contributed by atoms with Gasteiger partial charge >= 0.3 is 17.8 Å². The van der Waals surface area contributed by atoms with Crippen molar-refractivity contribution in [2.75, 3.05) is 0 Å². The van der Waals surface area contributed by atoms with Crippen molar-refractivity contribution in [3.8, 4) is 11.4 Å². The maximum absolute atomic E-state index is 13.3. The third-order valence-corrected chi connectivity index (χ3v) is 4.93. The zero-order valence-corrected chi connectivity index (χ0v) is 17.9. The summed E-state index contributed by atoms with van der Waals surface area (Å²) in [7, 11) is 0. The van der Waals surface area contributed by atoms with Crippen LogP contribution in [-0.4, -0.2) is 31.0 Å². The first-order chi connectivity index (χ1) is 14.8. The van der Waals surface area contributed by atoms with Crippen LogP contribution in [0.3, 0.4) is 0 Å². The van der Waals surface area contributed by atoms with Crippen molar-refractivity contribution in [3.63, 3.8) is 0 Å². The molecule has 0 fully saturated rings. The minimum absolute atomic E-state index is 0.0182. The Morgan fingerprint density at radius 3 is 2.28 bits per heavy atom. The predicted octanol–water partition coefficient (Wildman–Crippen LogP) is 3.96. The van der Waals surface area contributed by atoms with E-state index in [-0.39, 0.29) is 12.2 Å². The number of aryl methyl sites for hydroxylation is 2. The molecule has 0 unspecified atom stereocenters. The average molecular weight is 449 g/mol. The van der Waals surface area contributed by atoms with Gasteiger partial charge in [-0.1, -0.05) is 24.3 Å². The zero-order valence-electron chi connectivity index (χ0n) is 17.9. The lowest BCUT2D eigenvalue weighted by molar-refractivity contribution is -0.152. The van der Waals surface area contributed by atoms with Crippen molar-refractivity contribution >= 4 is 5.97 Å². The van der Waals surface area contributed by atoms with Crippen LogP contribution < -0.4 is 10.4 Å². The van der Waals surface area contributed by atoms with Crippen LogP contribution in [0.1, 0.15) is 36.1 Å². The molecule has 7 nitrogen and oxygen atoms in total. The Bertz CT molecular complexity index is 1200. The summed E-state index contributed by atoms with van der Waals surface area (Å²) in [5.74, 6) is -0.699. The summed E-state index contributed by atoms with van der Waals surface area (Å²) in [4.78, 5) is 24.1. The van der Waals surface area contributed by atoms with Gasteiger partial charge in [0.15, 0.2) is 5.60 Å². The second kappa shape index (κ2) is 8.18. The molecule has 0 atom stereocenters. The van der Waals surface area contributed by atoms with E-state index in [0.717, 1.165) is 21.6 Å². The molecule has 2 aromatic carbocycles. The van der Waals surface area contributed by atoms with Crippen molar-refractivity contribution in [2.45, 2.75) is 46.0 Å². The predicted molar refractivity (Wildman–Crippen MR) is 110 cm³/mol. The molecule has 1 heterocycles. The number of halogens is 3. The van der Waals surface area contributed by atoms with Gasteiger partial charge in [0.05, 0.1) is 17.8 Å². The number of carbonyl (C=O) groups is 1. The summed E-state index contributed by atoms with van der Waals surface area (Å²) in [5, 5.41) is 13.3. The monoisotopic (exact) mass is 449 g/mol. The van der Waals surface area contributed by atoms with Crippen LogP contribution in [0.2, 0.25) is 0 Å². The fourth-order valence-electron chi connectivity index (χ4n) is 3.30. The molecule has 0 amide bonds. The van der Waals surface area contributed by atoms with Gasteiger partial charge in [-0.3, -0.25) is 0 Å². The van der Waals surface area contributed by atoms with Crippen LogP contribution >= 0.6 is 0 Å². The maximum Gasteiger partial charge on any atom is 0.418 e. The van der Waals surface area contributed by atoms with Gasteiger partial charge in [-0.15, -0.1) is 0 Å². The summed E-state index contributed by atoms with van der Waals surface area (Å²) >= 11 is 0. The van der Waals surface area contributed by atoms with E-state index in [2.05, 4.69) is 5.10 Å². The highest BCUT2D eigenvalue weighted by atomic mass is 19.4. The summed E-state index contributed by atoms with van der Waals surface area (Å²) in [6, 6.07) is 8.22. The number of hydrogen-bond donors (Lipinski definition) is 1. The smallest absolute Gasteiger partial charge is 0.418 e. The molecule has 0 saturated heterocycles. The molecule has 0 aliphatic heterocycles. The van der Waals surface area contributed by atoms with Crippen molar-refractivity contribution in [3.05, 3.63) is 75.5 Å². The van der Waals surface area contributed by atoms with Crippen LogP contribution in [0.25, 0.3) is 5.69 Å². The van der Waals surface area contributed by atoms with Gasteiger partial charge in [0.1, 0.15) is 12.1 Å². The fourth-order valence-corrected chi connectivity index (χ4v) is 3.30. The minimum Gasteiger partial charge on any atom is -0.478 e. The average Bonchev–Trinajstić information content (AvgIpc) is 3.04. The highest BCUT2D eigenvalue weighted by molar-refractivity contribution is 5.77. The van der Waals surface area contributed by atoms with Crippen molar-refractivity contribution in [1.82, 2.24) is 14.3 Å². The number of aliphatic carboxylic acids is 1. The largest absolute Gasteiger partial charge is 0.478 e. The summed E-state index contributed by atoms with van der Waals surface area (Å²) in [6.07, 6.45) is -3.56. The van der Waals surface area contributed by atoms with E-state index >= 15 is 0 Å². The maximum atomic E-state index is 13.3. The topological polar surface area (TPSA) is 86.4 Å². The Morgan fingerprint density at radius 1 is 1.12 bits per heavy atom. The fraction of sp³-hybridized carbons (Fsp3) is 0.318. The molecule has 10 heteroatoms. The quantitative estimate of drug-likeness (QED) is 0.616. The van der Waals surface area contributed by atoms with Crippen molar-refractivity contribution in [2.24, 2.45) is 0 Å². The summed E-state index contributed by atoms with van der Waals surface area (Å²) in [6.45, 7) is 6.37. The van der Waals surface area contributed by atoms with Gasteiger partial charge in [-0.2, -0.15) is 18.3 Å². The van der Waals surface area contributed by atoms with Gasteiger partial charge in [0.25, 0.3) is 0 Å². The van der Waals surface area contributed by atoms with E-state index in [4.69, 9.17) is 4.74 Å². The van der Waals surface area contributed by atoms with E-state index < -0.39 is 29.0 Å². The van der Waals surface area contributed by atoms with Gasteiger partial charge in [0.2, 0.25) is 0 Å². The van der Waals surface area contributed by atoms with Crippen LogP contribution in [0.5, 0.6) is 5.75 Å². The molecule has 170 valence electrons. The highest BCUT2D eigenvalue weighted by Crippen LogP contribution is 2.33. The molecular weight excluding hydrogens is 427 g/mol. The molecule has 3 aromatic rings. The number of nitrogens with zero attached hydrogens (tertiary/aromatic N) is 3. The molecule has 32 heavy (non-hydrogen) atoms. The first kappa shape index (κ1) is 23.1. The van der Waals surface area contributed by atoms with Crippen LogP contribution in [-0.2, 0) is 17.5 Å². The Kier molecular flexibility index (Phi) is 5.90. The van der Waals surface area contributed by atoms with Gasteiger partial charge in [0, 0.05) is 0 Å². The number of carboxylic acids is 1. The first-order valence-corrected chi connectivity index (χ1v) is 9.65. The Balaban J connectivity index is 1.94. The molecule has 1 N–H and O–H groups in total. The number of rotatable bonds is 6. The van der Waals surface area contributed by atoms with E-state index in [1.54, 1.807) is 26.0 Å². The third kappa shape index (κ3) is 4.53. The number of para-hydroxylation sites is 1. The number of aromatic nitrogens is 3. The second-order valence-corrected chi connectivity index (χ2v) is 7.93. The molecule has 0 radical (unpaired) electrons. The van der Waals surface area contributed by atoms with Gasteiger partial charge in [-0.05, 0) is 56.5 Å². The Labute approximate surface area is 181 Å². The van der Waals surface area contributed by atoms with Crippen molar-refractivity contribution in [1.29, 1.82) is 0 Å². The minimum atomic E-state index is -4.62. The lowest BCUT2D eigenvalue weighted by Gasteiger charge is -2.24. The zero-order chi connectivity index (χ0) is 23.8. The second-order valence-electron chi connectivity index (χ2n) is 7.93. The molecule has 0 aliphatic rings.